The molecule has 4 heteroatoms. The van der Waals surface area contributed by atoms with Crippen LogP contribution in [0.4, 0.5) is 5.69 Å². The minimum Gasteiger partial charge on any atom is -0.399 e. The Morgan fingerprint density at radius 2 is 1.60 bits per heavy atom. The molecule has 0 spiro atoms. The number of nitrogen functional groups attached to an aromatic ring is 1. The van der Waals surface area contributed by atoms with Gasteiger partial charge in [0.15, 0.2) is 0 Å². The van der Waals surface area contributed by atoms with E-state index in [0.29, 0.717) is 0 Å². The Hall–Kier alpha value is -0.770. The van der Waals surface area contributed by atoms with Crippen LogP contribution in [0, 0.1) is 0 Å². The van der Waals surface area contributed by atoms with Gasteiger partial charge < -0.3 is 10.6 Å². The summed E-state index contributed by atoms with van der Waals surface area (Å²) < 4.78 is 0. The normalized spacial score (nSPS) is 11.5. The lowest BCUT2D eigenvalue weighted by atomic mass is 10.2. The zero-order chi connectivity index (χ0) is 15.0. The van der Waals surface area contributed by atoms with Crippen molar-refractivity contribution in [3.05, 3.63) is 28.8 Å². The van der Waals surface area contributed by atoms with Crippen molar-refractivity contribution in [2.45, 2.75) is 33.7 Å². The second kappa shape index (κ2) is 9.22. The minimum atomic E-state index is 0.781. The Morgan fingerprint density at radius 1 is 1.00 bits per heavy atom. The Bertz CT molecular complexity index is 391. The van der Waals surface area contributed by atoms with Crippen LogP contribution in [0.1, 0.15) is 32.8 Å². The highest BCUT2D eigenvalue weighted by Gasteiger charge is 2.08. The van der Waals surface area contributed by atoms with Crippen LogP contribution in [0.15, 0.2) is 18.2 Å². The Labute approximate surface area is 128 Å². The van der Waals surface area contributed by atoms with Crippen molar-refractivity contribution < 1.29 is 0 Å². The van der Waals surface area contributed by atoms with Gasteiger partial charge in [-0.05, 0) is 62.9 Å². The van der Waals surface area contributed by atoms with Crippen LogP contribution < -0.4 is 5.73 Å². The molecule has 0 saturated carbocycles. The third-order valence-corrected chi connectivity index (χ3v) is 4.12. The maximum absolute atomic E-state index is 6.24. The van der Waals surface area contributed by atoms with Crippen molar-refractivity contribution >= 4 is 17.3 Å². The van der Waals surface area contributed by atoms with E-state index in [1.165, 1.54) is 6.42 Å². The molecule has 1 aromatic carbocycles. The highest BCUT2D eigenvalue weighted by Crippen LogP contribution is 2.20. The highest BCUT2D eigenvalue weighted by molar-refractivity contribution is 6.31. The van der Waals surface area contributed by atoms with Crippen LogP contribution in [0.3, 0.4) is 0 Å². The van der Waals surface area contributed by atoms with E-state index >= 15 is 0 Å². The zero-order valence-corrected chi connectivity index (χ0v) is 13.8. The summed E-state index contributed by atoms with van der Waals surface area (Å²) in [6.07, 6.45) is 1.19. The summed E-state index contributed by atoms with van der Waals surface area (Å²) in [5, 5.41) is 0.807. The molecular weight excluding hydrogens is 270 g/mol. The molecule has 0 heterocycles. The van der Waals surface area contributed by atoms with Crippen molar-refractivity contribution in [3.8, 4) is 0 Å². The van der Waals surface area contributed by atoms with Gasteiger partial charge in [0.1, 0.15) is 0 Å². The average Bonchev–Trinajstić information content (AvgIpc) is 2.46. The van der Waals surface area contributed by atoms with E-state index in [0.717, 1.165) is 55.5 Å². The molecule has 0 aliphatic rings. The third-order valence-electron chi connectivity index (χ3n) is 3.75. The number of nitrogens with two attached hydrogens (primary N) is 1. The van der Waals surface area contributed by atoms with E-state index in [4.69, 9.17) is 17.3 Å². The van der Waals surface area contributed by atoms with Gasteiger partial charge >= 0.3 is 0 Å². The fourth-order valence-electron chi connectivity index (χ4n) is 2.36. The molecule has 1 aromatic rings. The van der Waals surface area contributed by atoms with Gasteiger partial charge in [-0.25, -0.2) is 0 Å². The molecule has 0 amide bonds. The Kier molecular flexibility index (Phi) is 7.97. The molecule has 0 unspecified atom stereocenters. The molecule has 0 atom stereocenters. The van der Waals surface area contributed by atoms with E-state index < -0.39 is 0 Å². The number of anilines is 1. The monoisotopic (exact) mass is 297 g/mol. The molecule has 0 aromatic heterocycles. The number of nitrogens with zero attached hydrogens (tertiary/aromatic N) is 2. The molecule has 0 saturated heterocycles. The maximum Gasteiger partial charge on any atom is 0.0452 e. The molecule has 1 rings (SSSR count). The lowest BCUT2D eigenvalue weighted by Gasteiger charge is -2.24. The van der Waals surface area contributed by atoms with Crippen LogP contribution in [-0.4, -0.2) is 42.5 Å². The molecule has 0 radical (unpaired) electrons. The predicted octanol–water partition coefficient (Wildman–Crippen LogP) is 3.48. The first-order valence-electron chi connectivity index (χ1n) is 7.59. The SMILES string of the molecule is CCN(CC)CCCN(CC)Cc1cc(N)ccc1Cl. The van der Waals surface area contributed by atoms with Gasteiger partial charge in [-0.3, -0.25) is 4.90 Å². The van der Waals surface area contributed by atoms with Gasteiger partial charge in [0, 0.05) is 17.3 Å². The van der Waals surface area contributed by atoms with Crippen molar-refractivity contribution in [2.75, 3.05) is 38.5 Å². The molecule has 20 heavy (non-hydrogen) atoms. The van der Waals surface area contributed by atoms with E-state index in [9.17, 15) is 0 Å². The zero-order valence-electron chi connectivity index (χ0n) is 13.0. The fraction of sp³-hybridized carbons (Fsp3) is 0.625. The number of hydrogen-bond donors (Lipinski definition) is 1. The lowest BCUT2D eigenvalue weighted by molar-refractivity contribution is 0.238. The van der Waals surface area contributed by atoms with Gasteiger partial charge in [-0.1, -0.05) is 32.4 Å². The van der Waals surface area contributed by atoms with Crippen molar-refractivity contribution in [1.29, 1.82) is 0 Å². The topological polar surface area (TPSA) is 32.5 Å². The third kappa shape index (κ3) is 5.70. The number of rotatable bonds is 9. The highest BCUT2D eigenvalue weighted by atomic mass is 35.5. The van der Waals surface area contributed by atoms with Crippen LogP contribution in [-0.2, 0) is 6.54 Å². The lowest BCUT2D eigenvalue weighted by Crippen LogP contribution is -2.29. The summed E-state index contributed by atoms with van der Waals surface area (Å²) in [5.74, 6) is 0. The van der Waals surface area contributed by atoms with Crippen molar-refractivity contribution in [3.63, 3.8) is 0 Å². The van der Waals surface area contributed by atoms with Gasteiger partial charge in [-0.15, -0.1) is 0 Å². The van der Waals surface area contributed by atoms with E-state index in [1.54, 1.807) is 0 Å². The summed E-state index contributed by atoms with van der Waals surface area (Å²) in [5.41, 5.74) is 7.74. The number of hydrogen-bond acceptors (Lipinski definition) is 3. The number of benzene rings is 1. The quantitative estimate of drug-likeness (QED) is 0.708. The molecule has 114 valence electrons. The molecule has 0 bridgehead atoms. The van der Waals surface area contributed by atoms with Crippen molar-refractivity contribution in [1.82, 2.24) is 9.80 Å². The predicted molar refractivity (Wildman–Crippen MR) is 89.2 cm³/mol. The Balaban J connectivity index is 2.48. The second-order valence-corrected chi connectivity index (χ2v) is 5.51. The first kappa shape index (κ1) is 17.3. The minimum absolute atomic E-state index is 0.781. The van der Waals surface area contributed by atoms with Gasteiger partial charge in [-0.2, -0.15) is 0 Å². The summed E-state index contributed by atoms with van der Waals surface area (Å²) in [6.45, 7) is 13.0. The van der Waals surface area contributed by atoms with Crippen LogP contribution >= 0.6 is 11.6 Å². The van der Waals surface area contributed by atoms with Gasteiger partial charge in [0.25, 0.3) is 0 Å². The summed E-state index contributed by atoms with van der Waals surface area (Å²) >= 11 is 6.24. The second-order valence-electron chi connectivity index (χ2n) is 5.10. The van der Waals surface area contributed by atoms with Gasteiger partial charge in [0.05, 0.1) is 0 Å². The molecule has 0 fully saturated rings. The average molecular weight is 298 g/mol. The van der Waals surface area contributed by atoms with Crippen molar-refractivity contribution in [2.24, 2.45) is 0 Å². The largest absolute Gasteiger partial charge is 0.399 e. The van der Waals surface area contributed by atoms with Gasteiger partial charge in [0.2, 0.25) is 0 Å². The fourth-order valence-corrected chi connectivity index (χ4v) is 2.54. The van der Waals surface area contributed by atoms with Crippen LogP contribution in [0.2, 0.25) is 5.02 Å². The maximum atomic E-state index is 6.24. The van der Waals surface area contributed by atoms with E-state index in [1.807, 2.05) is 18.2 Å². The summed E-state index contributed by atoms with van der Waals surface area (Å²) in [6, 6.07) is 5.72. The first-order chi connectivity index (χ1) is 9.60. The molecule has 0 aliphatic carbocycles. The summed E-state index contributed by atoms with van der Waals surface area (Å²) in [7, 11) is 0. The van der Waals surface area contributed by atoms with E-state index in [-0.39, 0.29) is 0 Å². The Morgan fingerprint density at radius 3 is 2.20 bits per heavy atom. The smallest absolute Gasteiger partial charge is 0.0452 e. The molecule has 0 aliphatic heterocycles. The standard InChI is InChI=1S/C16H28ClN3/c1-4-19(5-2)10-7-11-20(6-3)13-14-12-15(18)8-9-16(14)17/h8-9,12H,4-7,10-11,13,18H2,1-3H3. The molecule has 2 N–H and O–H groups in total. The number of halogens is 1. The van der Waals surface area contributed by atoms with Crippen LogP contribution in [0.5, 0.6) is 0 Å². The van der Waals surface area contributed by atoms with E-state index in [2.05, 4.69) is 30.6 Å². The summed E-state index contributed by atoms with van der Waals surface area (Å²) in [4.78, 5) is 4.88. The molecule has 3 nitrogen and oxygen atoms in total. The van der Waals surface area contributed by atoms with Crippen LogP contribution in [0.25, 0.3) is 0 Å². The molecular formula is C16H28ClN3. The first-order valence-corrected chi connectivity index (χ1v) is 7.97.